The summed E-state index contributed by atoms with van der Waals surface area (Å²) in [5.74, 6) is 1.56. The second-order valence-corrected chi connectivity index (χ2v) is 11.4. The van der Waals surface area contributed by atoms with Crippen molar-refractivity contribution in [3.8, 4) is 0 Å². The van der Waals surface area contributed by atoms with E-state index < -0.39 is 0 Å². The Balaban J connectivity index is 1.22. The number of rotatable bonds is 2. The monoisotopic (exact) mass is 436 g/mol. The number of fused-ring (bicyclic) bond motifs is 5. The van der Waals surface area contributed by atoms with Gasteiger partial charge in [-0.15, -0.1) is 0 Å². The van der Waals surface area contributed by atoms with Crippen molar-refractivity contribution in [3.05, 3.63) is 47.5 Å². The van der Waals surface area contributed by atoms with E-state index in [0.29, 0.717) is 17.4 Å². The van der Waals surface area contributed by atoms with Gasteiger partial charge in [-0.25, -0.2) is 4.79 Å². The van der Waals surface area contributed by atoms with Crippen LogP contribution >= 0.6 is 0 Å². The highest BCUT2D eigenvalue weighted by molar-refractivity contribution is 5.89. The summed E-state index contributed by atoms with van der Waals surface area (Å²) in [5.41, 5.74) is 2.61. The average Bonchev–Trinajstić information content (AvgIpc) is 3.39. The first-order chi connectivity index (χ1) is 15.4. The first kappa shape index (κ1) is 20.9. The summed E-state index contributed by atoms with van der Waals surface area (Å²) in [6.45, 7) is 6.39. The topological polar surface area (TPSA) is 44.8 Å². The summed E-state index contributed by atoms with van der Waals surface area (Å²) in [7, 11) is 0. The first-order valence-electron chi connectivity index (χ1n) is 12.7. The minimum atomic E-state index is -0.342. The zero-order chi connectivity index (χ0) is 22.0. The lowest BCUT2D eigenvalue weighted by atomic mass is 9.47. The first-order valence-corrected chi connectivity index (χ1v) is 12.7. The van der Waals surface area contributed by atoms with Crippen molar-refractivity contribution in [1.82, 2.24) is 0 Å². The Hall–Kier alpha value is -1.65. The van der Waals surface area contributed by atoms with E-state index in [1.807, 2.05) is 30.3 Å². The zero-order valence-corrected chi connectivity index (χ0v) is 19.5. The van der Waals surface area contributed by atoms with Gasteiger partial charge in [0.05, 0.1) is 18.8 Å². The molecule has 1 aromatic rings. The van der Waals surface area contributed by atoms with Crippen molar-refractivity contribution < 1.29 is 19.0 Å². The molecule has 4 fully saturated rings. The molecule has 0 bridgehead atoms. The van der Waals surface area contributed by atoms with Crippen LogP contribution in [0.15, 0.2) is 42.0 Å². The molecule has 0 radical (unpaired) electrons. The lowest BCUT2D eigenvalue weighted by molar-refractivity contribution is -0.185. The molecule has 1 spiro atoms. The number of carbonyl (C=O) groups is 1. The number of ether oxygens (including phenoxy) is 3. The van der Waals surface area contributed by atoms with Crippen LogP contribution in [-0.2, 0) is 14.2 Å². The number of hydrogen-bond acceptors (Lipinski definition) is 4. The fourth-order valence-electron chi connectivity index (χ4n) is 8.27. The predicted octanol–water partition coefficient (Wildman–Crippen LogP) is 5.92. The van der Waals surface area contributed by atoms with E-state index in [0.717, 1.165) is 57.7 Å². The van der Waals surface area contributed by atoms with Gasteiger partial charge in [0.25, 0.3) is 0 Å². The van der Waals surface area contributed by atoms with Gasteiger partial charge >= 0.3 is 5.97 Å². The summed E-state index contributed by atoms with van der Waals surface area (Å²) in [4.78, 5) is 12.8. The lowest BCUT2D eigenvalue weighted by Crippen LogP contribution is -2.53. The molecule has 1 aliphatic heterocycles. The SMILES string of the molecule is C[C@]12CC[C@H]3[C@@H](CC=C4CC5(CC[C@@]43C)OCCO5)[C@@H]1CC[C@H]2OC(=O)c1ccccc1. The van der Waals surface area contributed by atoms with Gasteiger partial charge < -0.3 is 14.2 Å². The van der Waals surface area contributed by atoms with Crippen molar-refractivity contribution >= 4 is 5.97 Å². The molecule has 0 unspecified atom stereocenters. The maximum atomic E-state index is 12.8. The van der Waals surface area contributed by atoms with E-state index in [4.69, 9.17) is 14.2 Å². The molecule has 5 aliphatic rings. The third kappa shape index (κ3) is 3.05. The van der Waals surface area contributed by atoms with Gasteiger partial charge in [-0.2, -0.15) is 0 Å². The summed E-state index contributed by atoms with van der Waals surface area (Å²) < 4.78 is 18.3. The van der Waals surface area contributed by atoms with Crippen LogP contribution in [0.5, 0.6) is 0 Å². The Morgan fingerprint density at radius 3 is 2.53 bits per heavy atom. The highest BCUT2D eigenvalue weighted by atomic mass is 16.7. The van der Waals surface area contributed by atoms with Crippen LogP contribution < -0.4 is 0 Å². The van der Waals surface area contributed by atoms with Gasteiger partial charge in [-0.05, 0) is 73.8 Å². The average molecular weight is 437 g/mol. The Morgan fingerprint density at radius 1 is 0.969 bits per heavy atom. The van der Waals surface area contributed by atoms with Crippen LogP contribution in [0.1, 0.15) is 75.6 Å². The van der Waals surface area contributed by atoms with Crippen molar-refractivity contribution in [2.24, 2.45) is 28.6 Å². The molecule has 4 nitrogen and oxygen atoms in total. The summed E-state index contributed by atoms with van der Waals surface area (Å²) >= 11 is 0. The number of esters is 1. The summed E-state index contributed by atoms with van der Waals surface area (Å²) in [6, 6.07) is 9.47. The molecule has 0 N–H and O–H groups in total. The number of allylic oxidation sites excluding steroid dienone is 1. The molecule has 6 atom stereocenters. The van der Waals surface area contributed by atoms with Crippen molar-refractivity contribution in [3.63, 3.8) is 0 Å². The maximum Gasteiger partial charge on any atom is 0.338 e. The fraction of sp³-hybridized carbons (Fsp3) is 0.679. The molecule has 4 aliphatic carbocycles. The molecule has 0 aromatic heterocycles. The highest BCUT2D eigenvalue weighted by Gasteiger charge is 2.61. The second kappa shape index (κ2) is 7.43. The van der Waals surface area contributed by atoms with Crippen molar-refractivity contribution in [2.75, 3.05) is 13.2 Å². The quantitative estimate of drug-likeness (QED) is 0.426. The van der Waals surface area contributed by atoms with Crippen LogP contribution in [0.2, 0.25) is 0 Å². The molecule has 1 heterocycles. The Morgan fingerprint density at radius 2 is 1.75 bits per heavy atom. The molecule has 0 amide bonds. The fourth-order valence-corrected chi connectivity index (χ4v) is 8.27. The standard InChI is InChI=1S/C28H36O4/c1-26-14-15-28(30-16-17-31-28)18-20(26)8-9-21-22-10-11-24(27(22,2)13-12-23(21)26)32-25(29)19-6-4-3-5-7-19/h3-8,21-24H,9-18H2,1-2H3/t21-,22-,23-,24+,26-,27-/m0/s1. The molecule has 1 saturated heterocycles. The molecule has 172 valence electrons. The van der Waals surface area contributed by atoms with E-state index in [1.54, 1.807) is 5.57 Å². The van der Waals surface area contributed by atoms with E-state index in [9.17, 15) is 4.79 Å². The molecule has 4 heteroatoms. The summed E-state index contributed by atoms with van der Waals surface area (Å²) in [6.07, 6.45) is 11.4. The van der Waals surface area contributed by atoms with Gasteiger partial charge in [0.2, 0.25) is 0 Å². The second-order valence-electron chi connectivity index (χ2n) is 11.4. The van der Waals surface area contributed by atoms with Gasteiger partial charge in [-0.3, -0.25) is 0 Å². The third-order valence-electron chi connectivity index (χ3n) is 10.1. The Bertz CT molecular complexity index is 917. The van der Waals surface area contributed by atoms with Crippen LogP contribution in [0, 0.1) is 28.6 Å². The van der Waals surface area contributed by atoms with Gasteiger partial charge in [0, 0.05) is 18.3 Å². The molecule has 1 aromatic carbocycles. The van der Waals surface area contributed by atoms with Crippen LogP contribution in [0.3, 0.4) is 0 Å². The molecular formula is C28H36O4. The van der Waals surface area contributed by atoms with Crippen LogP contribution in [0.4, 0.5) is 0 Å². The number of carbonyl (C=O) groups excluding carboxylic acids is 1. The molecule has 6 rings (SSSR count). The Kier molecular flexibility index (Phi) is 4.86. The lowest BCUT2D eigenvalue weighted by Gasteiger charge is -2.58. The Labute approximate surface area is 191 Å². The van der Waals surface area contributed by atoms with Crippen LogP contribution in [0.25, 0.3) is 0 Å². The zero-order valence-electron chi connectivity index (χ0n) is 19.5. The third-order valence-corrected chi connectivity index (χ3v) is 10.1. The van der Waals surface area contributed by atoms with Gasteiger partial charge in [0.1, 0.15) is 6.10 Å². The largest absolute Gasteiger partial charge is 0.458 e. The number of benzene rings is 1. The smallest absolute Gasteiger partial charge is 0.338 e. The molecule has 32 heavy (non-hydrogen) atoms. The van der Waals surface area contributed by atoms with Crippen molar-refractivity contribution in [2.45, 2.75) is 77.1 Å². The van der Waals surface area contributed by atoms with Crippen molar-refractivity contribution in [1.29, 1.82) is 0 Å². The van der Waals surface area contributed by atoms with E-state index in [-0.39, 0.29) is 28.7 Å². The molecule has 3 saturated carbocycles. The van der Waals surface area contributed by atoms with E-state index in [2.05, 4.69) is 19.9 Å². The minimum absolute atomic E-state index is 0.0363. The highest BCUT2D eigenvalue weighted by Crippen LogP contribution is 2.66. The van der Waals surface area contributed by atoms with Crippen LogP contribution in [-0.4, -0.2) is 31.1 Å². The normalized spacial score (nSPS) is 42.0. The van der Waals surface area contributed by atoms with Gasteiger partial charge in [0.15, 0.2) is 5.79 Å². The van der Waals surface area contributed by atoms with Gasteiger partial charge in [-0.1, -0.05) is 43.7 Å². The summed E-state index contributed by atoms with van der Waals surface area (Å²) in [5, 5.41) is 0. The predicted molar refractivity (Wildman–Crippen MR) is 122 cm³/mol. The molecular weight excluding hydrogens is 400 g/mol. The van der Waals surface area contributed by atoms with E-state index in [1.165, 1.54) is 12.8 Å². The van der Waals surface area contributed by atoms with E-state index >= 15 is 0 Å². The maximum absolute atomic E-state index is 12.8. The minimum Gasteiger partial charge on any atom is -0.458 e. The number of hydrogen-bond donors (Lipinski definition) is 0.